The number of nitrogens with zero attached hydrogens (tertiary/aromatic N) is 2. The Morgan fingerprint density at radius 3 is 2.67 bits per heavy atom. The molecular formula is C23H21F3N3O. The minimum absolute atomic E-state index is 0.110. The van der Waals surface area contributed by atoms with Gasteiger partial charge in [-0.3, -0.25) is 9.69 Å². The van der Waals surface area contributed by atoms with Gasteiger partial charge in [0.1, 0.15) is 0 Å². The van der Waals surface area contributed by atoms with Gasteiger partial charge >= 0.3 is 6.18 Å². The molecule has 7 heteroatoms. The van der Waals surface area contributed by atoms with Crippen molar-refractivity contribution in [2.75, 3.05) is 25.0 Å². The monoisotopic (exact) mass is 412 g/mol. The Bertz CT molecular complexity index is 1060. The van der Waals surface area contributed by atoms with Gasteiger partial charge in [-0.1, -0.05) is 30.7 Å². The zero-order valence-electron chi connectivity index (χ0n) is 16.3. The number of hydrogen-bond acceptors (Lipinski definition) is 3. The molecule has 3 aromatic rings. The average molecular weight is 412 g/mol. The number of nitrogens with one attached hydrogen (secondary N) is 1. The highest BCUT2D eigenvalue weighted by molar-refractivity contribution is 5.97. The van der Waals surface area contributed by atoms with Gasteiger partial charge in [-0.05, 0) is 56.3 Å². The van der Waals surface area contributed by atoms with E-state index < -0.39 is 11.7 Å². The van der Waals surface area contributed by atoms with Crippen LogP contribution in [0.15, 0.2) is 48.5 Å². The molecule has 1 N–H and O–H groups in total. The first kappa shape index (κ1) is 20.3. The molecule has 1 fully saturated rings. The van der Waals surface area contributed by atoms with Gasteiger partial charge in [-0.15, -0.1) is 0 Å². The van der Waals surface area contributed by atoms with Gasteiger partial charge in [0.15, 0.2) is 0 Å². The van der Waals surface area contributed by atoms with Crippen molar-refractivity contribution < 1.29 is 18.0 Å². The van der Waals surface area contributed by atoms with Crippen LogP contribution in [-0.4, -0.2) is 35.4 Å². The largest absolute Gasteiger partial charge is 0.416 e. The van der Waals surface area contributed by atoms with E-state index in [1.807, 2.05) is 17.0 Å². The summed E-state index contributed by atoms with van der Waals surface area (Å²) in [6.45, 7) is 1.81. The fourth-order valence-corrected chi connectivity index (χ4v) is 3.71. The number of carbonyl (C=O) groups is 1. The summed E-state index contributed by atoms with van der Waals surface area (Å²) in [5, 5.41) is 3.59. The van der Waals surface area contributed by atoms with Crippen molar-refractivity contribution in [2.24, 2.45) is 0 Å². The molecule has 0 spiro atoms. The van der Waals surface area contributed by atoms with Crippen LogP contribution in [-0.2, 0) is 11.0 Å². The van der Waals surface area contributed by atoms with Gasteiger partial charge in [-0.25, -0.2) is 4.98 Å². The van der Waals surface area contributed by atoms with Crippen LogP contribution in [0.4, 0.5) is 18.9 Å². The molecule has 0 unspecified atom stereocenters. The number of aromatic nitrogens is 1. The number of fused-ring (bicyclic) bond motifs is 1. The number of likely N-dealkylation sites (tertiary alicyclic amines) is 1. The minimum atomic E-state index is -4.50. The van der Waals surface area contributed by atoms with E-state index in [0.29, 0.717) is 16.8 Å². The maximum absolute atomic E-state index is 13.3. The predicted octanol–water partition coefficient (Wildman–Crippen LogP) is 5.15. The van der Waals surface area contributed by atoms with Crippen molar-refractivity contribution in [3.8, 4) is 11.3 Å². The molecule has 4 rings (SSSR count). The smallest absolute Gasteiger partial charge is 0.324 e. The Morgan fingerprint density at radius 1 is 1.10 bits per heavy atom. The number of rotatable bonds is 4. The summed E-state index contributed by atoms with van der Waals surface area (Å²) in [6, 6.07) is 15.2. The highest BCUT2D eigenvalue weighted by Crippen LogP contribution is 2.36. The molecule has 1 radical (unpaired) electrons. The van der Waals surface area contributed by atoms with E-state index in [9.17, 15) is 18.0 Å². The molecule has 1 aliphatic heterocycles. The Labute approximate surface area is 172 Å². The quantitative estimate of drug-likeness (QED) is 0.645. The first-order valence-corrected chi connectivity index (χ1v) is 9.91. The van der Waals surface area contributed by atoms with Crippen LogP contribution >= 0.6 is 0 Å². The lowest BCUT2D eigenvalue weighted by atomic mass is 10.0. The van der Waals surface area contributed by atoms with Crippen LogP contribution in [0.1, 0.15) is 24.8 Å². The van der Waals surface area contributed by atoms with Crippen molar-refractivity contribution in [1.82, 2.24) is 9.88 Å². The second-order valence-electron chi connectivity index (χ2n) is 7.46. The second kappa shape index (κ2) is 8.44. The van der Waals surface area contributed by atoms with Crippen LogP contribution in [0.2, 0.25) is 0 Å². The van der Waals surface area contributed by atoms with Crippen molar-refractivity contribution in [3.05, 3.63) is 60.2 Å². The number of carbonyl (C=O) groups excluding carboxylic acids is 1. The molecule has 0 atom stereocenters. The van der Waals surface area contributed by atoms with Crippen LogP contribution in [0.5, 0.6) is 0 Å². The summed E-state index contributed by atoms with van der Waals surface area (Å²) in [7, 11) is 0. The molecule has 1 saturated heterocycles. The average Bonchev–Trinajstić information content (AvgIpc) is 2.73. The van der Waals surface area contributed by atoms with Crippen molar-refractivity contribution in [2.45, 2.75) is 25.4 Å². The van der Waals surface area contributed by atoms with E-state index >= 15 is 0 Å². The topological polar surface area (TPSA) is 45.2 Å². The molecular weight excluding hydrogens is 391 g/mol. The van der Waals surface area contributed by atoms with Crippen molar-refractivity contribution in [3.63, 3.8) is 0 Å². The molecule has 4 nitrogen and oxygen atoms in total. The summed E-state index contributed by atoms with van der Waals surface area (Å²) in [6.07, 6.45) is -1.31. The van der Waals surface area contributed by atoms with E-state index in [1.54, 1.807) is 18.2 Å². The predicted molar refractivity (Wildman–Crippen MR) is 110 cm³/mol. The Hall–Kier alpha value is -2.93. The number of halogens is 3. The fraction of sp³-hybridized carbons (Fsp3) is 0.304. The molecule has 1 aromatic heterocycles. The number of hydrogen-bond donors (Lipinski definition) is 1. The molecule has 1 amide bonds. The lowest BCUT2D eigenvalue weighted by Crippen LogP contribution is -2.36. The van der Waals surface area contributed by atoms with E-state index in [1.165, 1.54) is 6.07 Å². The van der Waals surface area contributed by atoms with Gasteiger partial charge in [0.2, 0.25) is 5.91 Å². The molecule has 0 aliphatic carbocycles. The Morgan fingerprint density at radius 2 is 1.90 bits per heavy atom. The third kappa shape index (κ3) is 4.62. The lowest BCUT2D eigenvalue weighted by Gasteiger charge is -2.25. The van der Waals surface area contributed by atoms with Crippen molar-refractivity contribution in [1.29, 1.82) is 0 Å². The molecule has 2 aromatic carbocycles. The number of amides is 1. The number of piperidine rings is 1. The SMILES string of the molecule is O=C(CN1CCCCC1)Nc1cc(C(F)(F)F)ccc1-c1ccc2cc[c]cc2n1. The minimum Gasteiger partial charge on any atom is -0.324 e. The van der Waals surface area contributed by atoms with Crippen LogP contribution in [0, 0.1) is 6.07 Å². The van der Waals surface area contributed by atoms with Gasteiger partial charge in [0.05, 0.1) is 29.0 Å². The van der Waals surface area contributed by atoms with Gasteiger partial charge in [-0.2, -0.15) is 13.2 Å². The Kier molecular flexibility index (Phi) is 5.72. The van der Waals surface area contributed by atoms with Crippen LogP contribution in [0.3, 0.4) is 0 Å². The molecule has 30 heavy (non-hydrogen) atoms. The zero-order valence-corrected chi connectivity index (χ0v) is 16.3. The van der Waals surface area contributed by atoms with E-state index in [4.69, 9.17) is 0 Å². The lowest BCUT2D eigenvalue weighted by molar-refractivity contribution is -0.137. The molecule has 0 bridgehead atoms. The second-order valence-corrected chi connectivity index (χ2v) is 7.46. The molecule has 155 valence electrons. The van der Waals surface area contributed by atoms with Crippen LogP contribution in [0.25, 0.3) is 22.2 Å². The third-order valence-electron chi connectivity index (χ3n) is 5.25. The van der Waals surface area contributed by atoms with Gasteiger partial charge in [0, 0.05) is 10.9 Å². The normalized spacial score (nSPS) is 15.3. The molecule has 0 saturated carbocycles. The number of anilines is 1. The zero-order chi connectivity index (χ0) is 21.1. The highest BCUT2D eigenvalue weighted by Gasteiger charge is 2.31. The third-order valence-corrected chi connectivity index (χ3v) is 5.25. The summed E-state index contributed by atoms with van der Waals surface area (Å²) in [5.74, 6) is -0.327. The maximum Gasteiger partial charge on any atom is 0.416 e. The van der Waals surface area contributed by atoms with E-state index in [0.717, 1.165) is 49.9 Å². The first-order valence-electron chi connectivity index (χ1n) is 9.91. The van der Waals surface area contributed by atoms with E-state index in [2.05, 4.69) is 16.4 Å². The molecule has 1 aliphatic rings. The highest BCUT2D eigenvalue weighted by atomic mass is 19.4. The van der Waals surface area contributed by atoms with E-state index in [-0.39, 0.29) is 18.1 Å². The fourth-order valence-electron chi connectivity index (χ4n) is 3.71. The van der Waals surface area contributed by atoms with Crippen molar-refractivity contribution >= 4 is 22.5 Å². The van der Waals surface area contributed by atoms with Gasteiger partial charge < -0.3 is 5.32 Å². The standard InChI is InChI=1S/C23H21F3N3O/c24-23(25,26)17-9-10-18(20-11-8-16-6-2-3-7-19(16)27-20)21(14-17)28-22(30)15-29-12-4-1-5-13-29/h2,6-11,14H,1,4-5,12-13,15H2,(H,28,30). The van der Waals surface area contributed by atoms with Crippen LogP contribution < -0.4 is 5.32 Å². The summed E-state index contributed by atoms with van der Waals surface area (Å²) >= 11 is 0. The maximum atomic E-state index is 13.3. The number of pyridine rings is 1. The molecule has 2 heterocycles. The number of alkyl halides is 3. The first-order chi connectivity index (χ1) is 14.4. The summed E-state index contributed by atoms with van der Waals surface area (Å²) in [5.41, 5.74) is 0.914. The summed E-state index contributed by atoms with van der Waals surface area (Å²) in [4.78, 5) is 19.1. The number of benzene rings is 2. The Balaban J connectivity index is 1.67. The summed E-state index contributed by atoms with van der Waals surface area (Å²) < 4.78 is 39.8. The van der Waals surface area contributed by atoms with Gasteiger partial charge in [0.25, 0.3) is 0 Å².